The second-order valence-electron chi connectivity index (χ2n) is 5.18. The average molecular weight is 473 g/mol. The molecule has 1 amide bonds. The molecule has 148 valence electrons. The molecule has 1 N–H and O–H groups in total. The van der Waals surface area contributed by atoms with Gasteiger partial charge >= 0.3 is 5.69 Å². The molecule has 28 heavy (non-hydrogen) atoms. The van der Waals surface area contributed by atoms with Gasteiger partial charge in [0, 0.05) is 22.7 Å². The molecule has 0 aliphatic rings. The van der Waals surface area contributed by atoms with Crippen molar-refractivity contribution >= 4 is 45.3 Å². The van der Waals surface area contributed by atoms with Crippen molar-refractivity contribution < 1.29 is 23.9 Å². The van der Waals surface area contributed by atoms with Gasteiger partial charge in [-0.15, -0.1) is 0 Å². The molecule has 0 bridgehead atoms. The van der Waals surface area contributed by atoms with Crippen molar-refractivity contribution in [2.24, 2.45) is 5.10 Å². The lowest BCUT2D eigenvalue weighted by molar-refractivity contribution is -0.385. The smallest absolute Gasteiger partial charge is 0.311 e. The van der Waals surface area contributed by atoms with Gasteiger partial charge in [-0.1, -0.05) is 11.6 Å². The third-order valence-corrected chi connectivity index (χ3v) is 4.23. The number of benzene rings is 2. The molecule has 2 aromatic carbocycles. The lowest BCUT2D eigenvalue weighted by Gasteiger charge is -2.08. The van der Waals surface area contributed by atoms with Gasteiger partial charge in [-0.2, -0.15) is 5.10 Å². The van der Waals surface area contributed by atoms with Crippen LogP contribution in [0.2, 0.25) is 5.02 Å². The van der Waals surface area contributed by atoms with Crippen LogP contribution < -0.4 is 19.6 Å². The van der Waals surface area contributed by atoms with E-state index in [9.17, 15) is 14.9 Å². The van der Waals surface area contributed by atoms with Crippen LogP contribution in [0.25, 0.3) is 0 Å². The number of rotatable bonds is 8. The van der Waals surface area contributed by atoms with Crippen molar-refractivity contribution in [1.29, 1.82) is 0 Å². The van der Waals surface area contributed by atoms with E-state index in [1.165, 1.54) is 32.6 Å². The number of halogens is 2. The third kappa shape index (κ3) is 5.57. The number of ether oxygens (including phenoxy) is 3. The zero-order valence-corrected chi connectivity index (χ0v) is 17.1. The molecule has 0 aromatic heterocycles. The first-order chi connectivity index (χ1) is 13.3. The van der Waals surface area contributed by atoms with Crippen LogP contribution in [0.15, 0.2) is 39.9 Å². The Morgan fingerprint density at radius 1 is 1.25 bits per heavy atom. The molecule has 0 aliphatic carbocycles. The Kier molecular flexibility index (Phi) is 7.59. The average Bonchev–Trinajstić information content (AvgIpc) is 2.66. The van der Waals surface area contributed by atoms with Gasteiger partial charge in [-0.25, -0.2) is 5.43 Å². The molecule has 2 aromatic rings. The molecule has 0 unspecified atom stereocenters. The van der Waals surface area contributed by atoms with Crippen molar-refractivity contribution in [2.45, 2.75) is 0 Å². The molecular weight excluding hydrogens is 458 g/mol. The quantitative estimate of drug-likeness (QED) is 0.357. The molecule has 0 spiro atoms. The van der Waals surface area contributed by atoms with Crippen LogP contribution in [0.4, 0.5) is 5.69 Å². The maximum atomic E-state index is 11.9. The summed E-state index contributed by atoms with van der Waals surface area (Å²) < 4.78 is 16.1. The van der Waals surface area contributed by atoms with Crippen LogP contribution in [0.3, 0.4) is 0 Å². The van der Waals surface area contributed by atoms with Crippen molar-refractivity contribution in [1.82, 2.24) is 5.43 Å². The van der Waals surface area contributed by atoms with E-state index in [0.717, 1.165) is 0 Å². The summed E-state index contributed by atoms with van der Waals surface area (Å²) in [6, 6.07) is 7.47. The lowest BCUT2D eigenvalue weighted by Crippen LogP contribution is -2.24. The monoisotopic (exact) mass is 471 g/mol. The Hall–Kier alpha value is -2.85. The highest BCUT2D eigenvalue weighted by Gasteiger charge is 2.18. The minimum absolute atomic E-state index is 0.0463. The minimum Gasteiger partial charge on any atom is -0.496 e. The van der Waals surface area contributed by atoms with Crippen molar-refractivity contribution in [3.8, 4) is 17.2 Å². The molecule has 0 saturated carbocycles. The second kappa shape index (κ2) is 9.90. The van der Waals surface area contributed by atoms with Crippen LogP contribution >= 0.6 is 27.5 Å². The van der Waals surface area contributed by atoms with Crippen LogP contribution in [-0.2, 0) is 4.79 Å². The normalized spacial score (nSPS) is 10.6. The summed E-state index contributed by atoms with van der Waals surface area (Å²) in [5, 5.41) is 15.4. The van der Waals surface area contributed by atoms with Crippen molar-refractivity contribution in [3.63, 3.8) is 0 Å². The Balaban J connectivity index is 2.04. The molecule has 0 radical (unpaired) electrons. The molecule has 0 atom stereocenters. The SMILES string of the molecule is COc1cc(OC)c([N+](=O)[O-])cc1C=NNC(=O)COc1ccc(Cl)cc1Br. The number of methoxy groups -OCH3 is 2. The summed E-state index contributed by atoms with van der Waals surface area (Å²) in [4.78, 5) is 22.4. The van der Waals surface area contributed by atoms with E-state index in [1.807, 2.05) is 0 Å². The summed E-state index contributed by atoms with van der Waals surface area (Å²) in [6.45, 7) is -0.294. The molecule has 9 nitrogen and oxygen atoms in total. The molecule has 0 fully saturated rings. The van der Waals surface area contributed by atoms with Crippen molar-refractivity contribution in [3.05, 3.63) is 55.5 Å². The fourth-order valence-electron chi connectivity index (χ4n) is 2.09. The molecular formula is C17H15BrClN3O6. The highest BCUT2D eigenvalue weighted by Crippen LogP contribution is 2.33. The Morgan fingerprint density at radius 2 is 1.96 bits per heavy atom. The van der Waals surface area contributed by atoms with Gasteiger partial charge in [0.2, 0.25) is 5.75 Å². The van der Waals surface area contributed by atoms with Crippen LogP contribution in [0.5, 0.6) is 17.2 Å². The first-order valence-corrected chi connectivity index (χ1v) is 8.83. The van der Waals surface area contributed by atoms with Gasteiger partial charge in [0.05, 0.1) is 29.8 Å². The number of carbonyl (C=O) groups is 1. The maximum absolute atomic E-state index is 11.9. The van der Waals surface area contributed by atoms with E-state index < -0.39 is 10.8 Å². The van der Waals surface area contributed by atoms with E-state index in [2.05, 4.69) is 26.5 Å². The number of nitrogens with one attached hydrogen (secondary N) is 1. The number of hydrogen-bond donors (Lipinski definition) is 1. The standard InChI is InChI=1S/C17H15BrClN3O6/c1-26-15-7-16(27-2)13(22(24)25)5-10(15)8-20-21-17(23)9-28-14-4-3-11(19)6-12(14)18/h3-8H,9H2,1-2H3,(H,21,23). The summed E-state index contributed by atoms with van der Waals surface area (Å²) >= 11 is 9.11. The van der Waals surface area contributed by atoms with Gasteiger partial charge < -0.3 is 14.2 Å². The summed E-state index contributed by atoms with van der Waals surface area (Å²) in [5.41, 5.74) is 2.30. The van der Waals surface area contributed by atoms with Gasteiger partial charge in [-0.3, -0.25) is 14.9 Å². The number of hydrazone groups is 1. The minimum atomic E-state index is -0.591. The van der Waals surface area contributed by atoms with E-state index in [4.69, 9.17) is 25.8 Å². The highest BCUT2D eigenvalue weighted by molar-refractivity contribution is 9.10. The molecule has 2 rings (SSSR count). The van der Waals surface area contributed by atoms with Crippen LogP contribution in [-0.4, -0.2) is 37.9 Å². The number of amides is 1. The summed E-state index contributed by atoms with van der Waals surface area (Å²) in [6.07, 6.45) is 1.22. The number of hydrogen-bond acceptors (Lipinski definition) is 7. The van der Waals surface area contributed by atoms with Crippen LogP contribution in [0.1, 0.15) is 5.56 Å². The Morgan fingerprint density at radius 3 is 2.57 bits per heavy atom. The fraction of sp³-hybridized carbons (Fsp3) is 0.176. The van der Waals surface area contributed by atoms with E-state index in [1.54, 1.807) is 18.2 Å². The van der Waals surface area contributed by atoms with Gasteiger partial charge in [0.1, 0.15) is 11.5 Å². The first-order valence-electron chi connectivity index (χ1n) is 7.66. The van der Waals surface area contributed by atoms with E-state index >= 15 is 0 Å². The van der Waals surface area contributed by atoms with E-state index in [0.29, 0.717) is 21.0 Å². The highest BCUT2D eigenvalue weighted by atomic mass is 79.9. The topological polar surface area (TPSA) is 112 Å². The van der Waals surface area contributed by atoms with E-state index in [-0.39, 0.29) is 23.6 Å². The lowest BCUT2D eigenvalue weighted by atomic mass is 10.1. The van der Waals surface area contributed by atoms with Gasteiger partial charge in [0.15, 0.2) is 6.61 Å². The van der Waals surface area contributed by atoms with Gasteiger partial charge in [-0.05, 0) is 34.1 Å². The summed E-state index contributed by atoms with van der Waals surface area (Å²) in [7, 11) is 2.71. The fourth-order valence-corrected chi connectivity index (χ4v) is 2.89. The third-order valence-electron chi connectivity index (χ3n) is 3.37. The summed E-state index contributed by atoms with van der Waals surface area (Å²) in [5.74, 6) is 0.253. The van der Waals surface area contributed by atoms with Crippen molar-refractivity contribution in [2.75, 3.05) is 20.8 Å². The predicted octanol–water partition coefficient (Wildman–Crippen LogP) is 3.56. The molecule has 0 heterocycles. The van der Waals surface area contributed by atoms with Crippen LogP contribution in [0, 0.1) is 10.1 Å². The number of nitrogens with zero attached hydrogens (tertiary/aromatic N) is 2. The number of nitro benzene ring substituents is 1. The maximum Gasteiger partial charge on any atom is 0.311 e. The first kappa shape index (κ1) is 21.5. The zero-order chi connectivity index (χ0) is 20.7. The van der Waals surface area contributed by atoms with Gasteiger partial charge in [0.25, 0.3) is 5.91 Å². The Labute approximate surface area is 173 Å². The zero-order valence-electron chi connectivity index (χ0n) is 14.8. The second-order valence-corrected chi connectivity index (χ2v) is 6.47. The number of nitro groups is 1. The largest absolute Gasteiger partial charge is 0.496 e. The molecule has 0 aliphatic heterocycles. The predicted molar refractivity (Wildman–Crippen MR) is 107 cm³/mol. The molecule has 11 heteroatoms. The number of carbonyl (C=O) groups excluding carboxylic acids is 1. The Bertz CT molecular complexity index is 922. The molecule has 0 saturated heterocycles.